The Labute approximate surface area is 130 Å². The molecule has 4 nitrogen and oxygen atoms in total. The molecule has 0 aliphatic carbocycles. The molecule has 1 aromatic carbocycles. The number of rotatable bonds is 3. The number of likely N-dealkylation sites (tertiary alicyclic amines) is 1. The maximum Gasteiger partial charge on any atom is 0.123 e. The first-order valence-electron chi connectivity index (χ1n) is 7.72. The maximum atomic E-state index is 13.0. The van der Waals surface area contributed by atoms with Crippen molar-refractivity contribution in [3.8, 4) is 5.69 Å². The fraction of sp³-hybridized carbons (Fsp3) is 0.471. The van der Waals surface area contributed by atoms with E-state index < -0.39 is 0 Å². The highest BCUT2D eigenvalue weighted by Crippen LogP contribution is 2.28. The molecule has 1 aliphatic heterocycles. The Kier molecular flexibility index (Phi) is 4.02. The van der Waals surface area contributed by atoms with E-state index >= 15 is 0 Å². The lowest BCUT2D eigenvalue weighted by Gasteiger charge is -2.42. The number of nitrogens with two attached hydrogens (primary N) is 1. The van der Waals surface area contributed by atoms with Gasteiger partial charge in [-0.15, -0.1) is 0 Å². The summed E-state index contributed by atoms with van der Waals surface area (Å²) >= 11 is 0. The van der Waals surface area contributed by atoms with Gasteiger partial charge in [0.25, 0.3) is 0 Å². The second-order valence-electron chi connectivity index (χ2n) is 6.82. The molecule has 0 saturated carbocycles. The van der Waals surface area contributed by atoms with Gasteiger partial charge >= 0.3 is 0 Å². The summed E-state index contributed by atoms with van der Waals surface area (Å²) in [6, 6.07) is 8.64. The summed E-state index contributed by atoms with van der Waals surface area (Å²) in [6.45, 7) is 7.26. The molecule has 0 radical (unpaired) electrons. The predicted octanol–water partition coefficient (Wildman–Crippen LogP) is 2.57. The smallest absolute Gasteiger partial charge is 0.123 e. The maximum absolute atomic E-state index is 13.0. The number of hydrogen-bond donors (Lipinski definition) is 1. The number of hydrogen-bond acceptors (Lipinski definition) is 3. The first kappa shape index (κ1) is 15.2. The highest BCUT2D eigenvalue weighted by molar-refractivity contribution is 5.31. The first-order chi connectivity index (χ1) is 10.4. The summed E-state index contributed by atoms with van der Waals surface area (Å²) in [6.07, 6.45) is 2.94. The van der Waals surface area contributed by atoms with Crippen molar-refractivity contribution < 1.29 is 4.39 Å². The molecular formula is C17H23FN4. The third-order valence-electron chi connectivity index (χ3n) is 4.51. The molecule has 22 heavy (non-hydrogen) atoms. The van der Waals surface area contributed by atoms with Crippen LogP contribution in [0.5, 0.6) is 0 Å². The highest BCUT2D eigenvalue weighted by Gasteiger charge is 2.33. The summed E-state index contributed by atoms with van der Waals surface area (Å²) < 4.78 is 14.8. The number of aromatic nitrogens is 2. The highest BCUT2D eigenvalue weighted by atomic mass is 19.1. The normalized spacial score (nSPS) is 21.9. The van der Waals surface area contributed by atoms with E-state index in [1.54, 1.807) is 16.8 Å². The lowest BCUT2D eigenvalue weighted by Crippen LogP contribution is -2.52. The Morgan fingerprint density at radius 2 is 2.00 bits per heavy atom. The summed E-state index contributed by atoms with van der Waals surface area (Å²) in [5.41, 5.74) is 8.21. The van der Waals surface area contributed by atoms with E-state index in [-0.39, 0.29) is 17.3 Å². The Morgan fingerprint density at radius 1 is 1.27 bits per heavy atom. The Hall–Kier alpha value is -1.72. The number of benzene rings is 1. The lowest BCUT2D eigenvalue weighted by molar-refractivity contribution is 0.0888. The van der Waals surface area contributed by atoms with Crippen LogP contribution in [0.2, 0.25) is 0 Å². The zero-order chi connectivity index (χ0) is 15.7. The van der Waals surface area contributed by atoms with Crippen LogP contribution in [-0.4, -0.2) is 33.8 Å². The molecule has 1 aliphatic rings. The molecule has 2 heterocycles. The largest absolute Gasteiger partial charge is 0.327 e. The second-order valence-corrected chi connectivity index (χ2v) is 6.82. The van der Waals surface area contributed by atoms with Crippen molar-refractivity contribution in [2.24, 2.45) is 11.1 Å². The van der Waals surface area contributed by atoms with E-state index in [9.17, 15) is 4.39 Å². The van der Waals surface area contributed by atoms with Gasteiger partial charge in [0, 0.05) is 31.9 Å². The SMILES string of the molecule is CC1(C)CN(Cc2ccn(-c3ccc(F)cc3)n2)CCC1N. The Bertz CT molecular complexity index is 632. The van der Waals surface area contributed by atoms with Crippen LogP contribution in [0.25, 0.3) is 5.69 Å². The van der Waals surface area contributed by atoms with Gasteiger partial charge in [0.15, 0.2) is 0 Å². The predicted molar refractivity (Wildman–Crippen MR) is 85.2 cm³/mol. The molecule has 1 aromatic heterocycles. The number of halogens is 1. The molecular weight excluding hydrogens is 279 g/mol. The van der Waals surface area contributed by atoms with Crippen molar-refractivity contribution in [2.45, 2.75) is 32.9 Å². The fourth-order valence-electron chi connectivity index (χ4n) is 3.03. The molecule has 3 rings (SSSR count). The second kappa shape index (κ2) is 5.82. The molecule has 118 valence electrons. The standard InChI is InChI=1S/C17H23FN4/c1-17(2)12-21(9-8-16(17)19)11-14-7-10-22(20-14)15-5-3-13(18)4-6-15/h3-7,10,16H,8-9,11-12,19H2,1-2H3. The Morgan fingerprint density at radius 3 is 2.68 bits per heavy atom. The molecule has 0 spiro atoms. The van der Waals surface area contributed by atoms with Crippen LogP contribution in [0.1, 0.15) is 26.0 Å². The first-order valence-corrected chi connectivity index (χ1v) is 7.72. The van der Waals surface area contributed by atoms with Crippen molar-refractivity contribution in [2.75, 3.05) is 13.1 Å². The van der Waals surface area contributed by atoms with Gasteiger partial charge in [-0.25, -0.2) is 9.07 Å². The van der Waals surface area contributed by atoms with E-state index in [2.05, 4.69) is 23.8 Å². The molecule has 1 saturated heterocycles. The monoisotopic (exact) mass is 302 g/mol. The van der Waals surface area contributed by atoms with Crippen molar-refractivity contribution in [3.63, 3.8) is 0 Å². The zero-order valence-electron chi connectivity index (χ0n) is 13.2. The van der Waals surface area contributed by atoms with Crippen molar-refractivity contribution in [3.05, 3.63) is 48.0 Å². The summed E-state index contributed by atoms with van der Waals surface area (Å²) in [7, 11) is 0. The van der Waals surface area contributed by atoms with Crippen LogP contribution < -0.4 is 5.73 Å². The molecule has 1 unspecified atom stereocenters. The molecule has 0 amide bonds. The van der Waals surface area contributed by atoms with Crippen LogP contribution in [0.3, 0.4) is 0 Å². The summed E-state index contributed by atoms with van der Waals surface area (Å²) in [4.78, 5) is 2.40. The molecule has 1 atom stereocenters. The van der Waals surface area contributed by atoms with Gasteiger partial charge in [0.05, 0.1) is 11.4 Å². The van der Waals surface area contributed by atoms with Gasteiger partial charge in [-0.3, -0.25) is 4.90 Å². The van der Waals surface area contributed by atoms with Crippen molar-refractivity contribution in [1.82, 2.24) is 14.7 Å². The number of piperidine rings is 1. The summed E-state index contributed by atoms with van der Waals surface area (Å²) in [5.74, 6) is -0.233. The minimum absolute atomic E-state index is 0.137. The molecule has 2 aromatic rings. The average molecular weight is 302 g/mol. The summed E-state index contributed by atoms with van der Waals surface area (Å²) in [5, 5.41) is 4.59. The minimum atomic E-state index is -0.233. The van der Waals surface area contributed by atoms with E-state index in [4.69, 9.17) is 5.73 Å². The van der Waals surface area contributed by atoms with Crippen LogP contribution in [-0.2, 0) is 6.54 Å². The van der Waals surface area contributed by atoms with Crippen LogP contribution in [0.15, 0.2) is 36.5 Å². The lowest BCUT2D eigenvalue weighted by atomic mass is 9.80. The van der Waals surface area contributed by atoms with E-state index in [1.807, 2.05) is 12.3 Å². The van der Waals surface area contributed by atoms with Crippen LogP contribution in [0.4, 0.5) is 4.39 Å². The van der Waals surface area contributed by atoms with Gasteiger partial charge in [0.1, 0.15) is 5.82 Å². The molecule has 0 bridgehead atoms. The van der Waals surface area contributed by atoms with Crippen molar-refractivity contribution in [1.29, 1.82) is 0 Å². The molecule has 1 fully saturated rings. The fourth-order valence-corrected chi connectivity index (χ4v) is 3.03. The van der Waals surface area contributed by atoms with Gasteiger partial charge in [-0.2, -0.15) is 5.10 Å². The third-order valence-corrected chi connectivity index (χ3v) is 4.51. The topological polar surface area (TPSA) is 47.1 Å². The van der Waals surface area contributed by atoms with Crippen LogP contribution >= 0.6 is 0 Å². The number of nitrogens with zero attached hydrogens (tertiary/aromatic N) is 3. The molecule has 2 N–H and O–H groups in total. The zero-order valence-corrected chi connectivity index (χ0v) is 13.2. The van der Waals surface area contributed by atoms with Gasteiger partial charge in [0.2, 0.25) is 0 Å². The minimum Gasteiger partial charge on any atom is -0.327 e. The third kappa shape index (κ3) is 3.20. The Balaban J connectivity index is 1.68. The van der Waals surface area contributed by atoms with Gasteiger partial charge in [-0.1, -0.05) is 13.8 Å². The molecule has 5 heteroatoms. The van der Waals surface area contributed by atoms with E-state index in [0.29, 0.717) is 0 Å². The average Bonchev–Trinajstić information content (AvgIpc) is 2.92. The van der Waals surface area contributed by atoms with Crippen molar-refractivity contribution >= 4 is 0 Å². The van der Waals surface area contributed by atoms with Gasteiger partial charge < -0.3 is 5.73 Å². The van der Waals surface area contributed by atoms with E-state index in [0.717, 1.165) is 37.4 Å². The van der Waals surface area contributed by atoms with E-state index in [1.165, 1.54) is 12.1 Å². The van der Waals surface area contributed by atoms with Crippen LogP contribution in [0, 0.1) is 11.2 Å². The quantitative estimate of drug-likeness (QED) is 0.948. The van der Waals surface area contributed by atoms with Gasteiger partial charge in [-0.05, 0) is 42.2 Å².